The van der Waals surface area contributed by atoms with Crippen molar-refractivity contribution < 1.29 is 0 Å². The van der Waals surface area contributed by atoms with Crippen LogP contribution in [0.4, 0.5) is 0 Å². The van der Waals surface area contributed by atoms with E-state index in [2.05, 4.69) is 181 Å². The molecule has 17 heteroatoms. The van der Waals surface area contributed by atoms with Gasteiger partial charge in [0.05, 0.1) is 47.5 Å². The highest BCUT2D eigenvalue weighted by molar-refractivity contribution is 5.85. The second-order valence-corrected chi connectivity index (χ2v) is 44.7. The maximum absolute atomic E-state index is 5.28. The van der Waals surface area contributed by atoms with Crippen LogP contribution in [-0.4, -0.2) is 218 Å². The van der Waals surface area contributed by atoms with Gasteiger partial charge in [-0.3, -0.25) is 20.0 Å². The summed E-state index contributed by atoms with van der Waals surface area (Å²) in [5.74, 6) is 12.2. The lowest BCUT2D eigenvalue weighted by molar-refractivity contribution is 0.305. The monoisotopic (exact) mass is 1860 g/mol. The zero-order chi connectivity index (χ0) is 95.9. The van der Waals surface area contributed by atoms with Crippen molar-refractivity contribution in [3.05, 3.63) is 0 Å². The van der Waals surface area contributed by atoms with Crippen molar-refractivity contribution in [3.8, 4) is 0 Å². The van der Waals surface area contributed by atoms with Crippen molar-refractivity contribution in [2.45, 2.75) is 589 Å². The summed E-state index contributed by atoms with van der Waals surface area (Å²) in [7, 11) is 4.44. The van der Waals surface area contributed by atoms with E-state index >= 15 is 0 Å². The summed E-state index contributed by atoms with van der Waals surface area (Å²) in [4.78, 5) is 50.0. The number of nitrogens with zero attached hydrogens (tertiary/aromatic N) is 13. The lowest BCUT2D eigenvalue weighted by Crippen LogP contribution is -2.49. The van der Waals surface area contributed by atoms with E-state index in [0.29, 0.717) is 66.2 Å². The fourth-order valence-electron chi connectivity index (χ4n) is 21.9. The van der Waals surface area contributed by atoms with Crippen molar-refractivity contribution in [1.29, 1.82) is 0 Å². The number of aliphatic imine (C=N–C) groups is 7. The molecular formula is C116H227N17. The summed E-state index contributed by atoms with van der Waals surface area (Å²) in [6.45, 7) is 49.4. The highest BCUT2D eigenvalue weighted by atomic mass is 15.4. The Bertz CT molecular complexity index is 2860. The van der Waals surface area contributed by atoms with Crippen LogP contribution in [0.25, 0.3) is 0 Å². The molecule has 0 amide bonds. The molecule has 11 rings (SSSR count). The van der Waals surface area contributed by atoms with Gasteiger partial charge in [-0.25, -0.2) is 15.0 Å². The third-order valence-electron chi connectivity index (χ3n) is 29.7. The van der Waals surface area contributed by atoms with Crippen LogP contribution in [0, 0.1) is 23.7 Å². The van der Waals surface area contributed by atoms with E-state index in [-0.39, 0.29) is 0 Å². The molecule has 0 atom stereocenters. The van der Waals surface area contributed by atoms with Gasteiger partial charge >= 0.3 is 0 Å². The third-order valence-corrected chi connectivity index (χ3v) is 29.7. The first-order valence-electron chi connectivity index (χ1n) is 59.2. The van der Waals surface area contributed by atoms with Crippen molar-refractivity contribution in [1.82, 2.24) is 50.7 Å². The number of nitrogens with one attached hydrogen (secondary N) is 4. The number of likely N-dealkylation sites (tertiary alicyclic amines) is 2. The Kier molecular flexibility index (Phi) is 69.4. The fraction of sp³-hybridized carbons (Fsp3) is 0.940. The Morgan fingerprint density at radius 3 is 0.955 bits per heavy atom. The zero-order valence-electron chi connectivity index (χ0n) is 92.0. The first-order chi connectivity index (χ1) is 64.8. The van der Waals surface area contributed by atoms with E-state index in [9.17, 15) is 0 Å². The van der Waals surface area contributed by atoms with E-state index < -0.39 is 0 Å². The first kappa shape index (κ1) is 119. The molecule has 0 bridgehead atoms. The van der Waals surface area contributed by atoms with Crippen molar-refractivity contribution in [2.24, 2.45) is 58.6 Å². The number of amidine groups is 4. The lowest BCUT2D eigenvalue weighted by Gasteiger charge is -2.35. The van der Waals surface area contributed by atoms with Crippen LogP contribution in [0.15, 0.2) is 34.9 Å². The minimum atomic E-state index is 0.405. The molecule has 0 radical (unpaired) electrons. The maximum atomic E-state index is 5.28. The Morgan fingerprint density at radius 1 is 0.301 bits per heavy atom. The molecule has 9 saturated carbocycles. The molecule has 2 aliphatic heterocycles. The smallest absolute Gasteiger partial charge is 0.196 e. The summed E-state index contributed by atoms with van der Waals surface area (Å²) < 4.78 is 0. The Hall–Kier alpha value is -4.31. The number of hydrogen-bond donors (Lipinski definition) is 4. The van der Waals surface area contributed by atoms with Crippen LogP contribution < -0.4 is 21.3 Å². The second-order valence-electron chi connectivity index (χ2n) is 44.7. The molecule has 0 aromatic heterocycles. The minimum absolute atomic E-state index is 0.405. The van der Waals surface area contributed by atoms with Crippen molar-refractivity contribution in [3.63, 3.8) is 0 Å². The topological polar surface area (TPSA) is 154 Å². The number of guanidine groups is 3. The summed E-state index contributed by atoms with van der Waals surface area (Å²) in [6, 6.07) is 5.36. The Morgan fingerprint density at radius 2 is 0.609 bits per heavy atom. The normalized spacial score (nSPS) is 20.6. The number of piperidine rings is 1. The predicted octanol–water partition coefficient (Wildman–Crippen LogP) is 30.0. The zero-order valence-corrected chi connectivity index (χ0v) is 92.0. The highest BCUT2D eigenvalue weighted by Crippen LogP contribution is 2.32. The summed E-state index contributed by atoms with van der Waals surface area (Å²) in [6.07, 6.45) is 88.6. The molecular weight excluding hydrogens is 1630 g/mol. The molecule has 17 nitrogen and oxygen atoms in total. The maximum Gasteiger partial charge on any atom is 0.196 e. The molecule has 0 unspecified atom stereocenters. The van der Waals surface area contributed by atoms with Gasteiger partial charge in [-0.1, -0.05) is 308 Å². The molecule has 2 saturated heterocycles. The van der Waals surface area contributed by atoms with Gasteiger partial charge in [-0.2, -0.15) is 0 Å². The molecule has 0 aromatic rings. The summed E-state index contributed by atoms with van der Waals surface area (Å²) in [5.41, 5.74) is 0. The standard InChI is InChI=1S/C19H39N3.C19H36N2.C18H33N3.C18H34N2.C17H31N3.C13H28N2.C12H26N2/c1-5-14-21(15-6-2)19(22(16-7-3)17-8-4)20-18-12-10-9-11-13-18;1-3-4-15-21(2)19(16-17-11-7-5-8-12-17)20-18-13-9-6-10-14-18;1-4-10-16(11-5-1)19-18(21-14-8-3-9-15-21)20-17-12-6-2-7-13-17;1-2-3-14-19-18(15-16-10-6-4-7-11-16)20-17-12-8-5-9-13-17;1-3-9-15(10-4-1)18-17(20-13-7-8-14-20)19-16-11-5-2-6-12-16;1-7-8-9-15(6)13(10-11(2)3)14-12(4)5;1-6-7-8-13-12(9-10(2)3)14-11(4)5/h18H,5-17H2,1-4H3;17-18H,3-16H2,1-2H3;16-17H,1-15H2,(H,19,20);16-17H,2-15H2,1H3,(H,19,20);15-16H,1-14H2,(H,18,19);11-12H,7-10H2,1-6H3;10-11H,6-9H2,1-5H3,(H,13,14). The molecule has 0 spiro atoms. The summed E-state index contributed by atoms with van der Waals surface area (Å²) >= 11 is 0. The number of unbranched alkanes of at least 4 members (excludes halogenated alkanes) is 4. The largest absolute Gasteiger partial charge is 0.372 e. The van der Waals surface area contributed by atoms with E-state index in [1.807, 2.05) is 0 Å². The molecule has 9 aliphatic carbocycles. The lowest BCUT2D eigenvalue weighted by atomic mass is 9.86. The van der Waals surface area contributed by atoms with Gasteiger partial charge in [0.15, 0.2) is 17.9 Å². The van der Waals surface area contributed by atoms with Crippen molar-refractivity contribution >= 4 is 41.2 Å². The van der Waals surface area contributed by atoms with Gasteiger partial charge in [-0.15, -0.1) is 0 Å². The predicted molar refractivity (Wildman–Crippen MR) is 589 cm³/mol. The average Bonchev–Trinajstić information content (AvgIpc) is 1.80. The minimum Gasteiger partial charge on any atom is -0.372 e. The molecule has 0 aromatic carbocycles. The molecule has 11 aliphatic rings. The highest BCUT2D eigenvalue weighted by Gasteiger charge is 2.29. The quantitative estimate of drug-likeness (QED) is 0.0268. The Balaban J connectivity index is 0.000000276. The van der Waals surface area contributed by atoms with Crippen LogP contribution in [0.1, 0.15) is 535 Å². The van der Waals surface area contributed by atoms with Gasteiger partial charge < -0.3 is 50.7 Å². The van der Waals surface area contributed by atoms with Gasteiger partial charge in [0, 0.05) is 149 Å². The molecule has 133 heavy (non-hydrogen) atoms. The molecule has 4 N–H and O–H groups in total. The van der Waals surface area contributed by atoms with Crippen LogP contribution in [0.5, 0.6) is 0 Å². The molecule has 2 heterocycles. The van der Waals surface area contributed by atoms with E-state index in [4.69, 9.17) is 30.0 Å². The van der Waals surface area contributed by atoms with Gasteiger partial charge in [0.1, 0.15) is 0 Å². The Labute approximate surface area is 827 Å². The summed E-state index contributed by atoms with van der Waals surface area (Å²) in [5, 5.41) is 14.9. The second kappa shape index (κ2) is 77.4. The first-order valence-corrected chi connectivity index (χ1v) is 59.2. The van der Waals surface area contributed by atoms with Gasteiger partial charge in [-0.05, 0) is 225 Å². The van der Waals surface area contributed by atoms with Gasteiger partial charge in [0.2, 0.25) is 0 Å². The van der Waals surface area contributed by atoms with E-state index in [1.165, 1.54) is 485 Å². The third kappa shape index (κ3) is 56.7. The van der Waals surface area contributed by atoms with Gasteiger partial charge in [0.25, 0.3) is 0 Å². The van der Waals surface area contributed by atoms with Crippen LogP contribution in [0.3, 0.4) is 0 Å². The van der Waals surface area contributed by atoms with Crippen molar-refractivity contribution in [2.75, 3.05) is 92.6 Å². The average molecular weight is 1860 g/mol. The van der Waals surface area contributed by atoms with Crippen LogP contribution in [0.2, 0.25) is 0 Å². The SMILES string of the molecule is C1CCC(N=C(NC2CCCCC2)N2CCCC2)CC1.C1CCC(N=C(NC2CCCCC2)N2CCCCC2)CC1.CCCCN(C)C(CC(C)C)=NC(C)C.CCCCN(C)C(CC1CCCCC1)=NC1CCCCC1.CCCCN=C(CC(C)C)NC(C)C.CCCCN=C(CC1CCCCC1)NC1CCCCC1.CCCN(CCC)C(=NC1CCCCC1)N(CCC)CCC. The van der Waals surface area contributed by atoms with E-state index in [1.54, 1.807) is 0 Å². The van der Waals surface area contributed by atoms with Crippen LogP contribution in [-0.2, 0) is 0 Å². The van der Waals surface area contributed by atoms with E-state index in [0.717, 1.165) is 70.5 Å². The van der Waals surface area contributed by atoms with Crippen LogP contribution >= 0.6 is 0 Å². The number of hydrogen-bond acceptors (Lipinski definition) is 7. The molecule has 776 valence electrons. The fourth-order valence-corrected chi connectivity index (χ4v) is 21.9. The number of rotatable bonds is 37. The molecule has 11 fully saturated rings.